The van der Waals surface area contributed by atoms with Gasteiger partial charge in [0.1, 0.15) is 0 Å². The average molecular weight is 412 g/mol. The van der Waals surface area contributed by atoms with Crippen molar-refractivity contribution in [2.45, 2.75) is 50.2 Å². The van der Waals surface area contributed by atoms with Gasteiger partial charge in [0.25, 0.3) is 0 Å². The fraction of sp³-hybridized carbons (Fsp3) is 0.381. The highest BCUT2D eigenvalue weighted by molar-refractivity contribution is 7.89. The Morgan fingerprint density at radius 3 is 2.24 bits per heavy atom. The maximum atomic E-state index is 12.4. The zero-order valence-electron chi connectivity index (χ0n) is 17.1. The molecule has 0 aromatic heterocycles. The summed E-state index contributed by atoms with van der Waals surface area (Å²) in [6.07, 6.45) is 0.547. The molecule has 1 aliphatic heterocycles. The Hall–Kier alpha value is -2.18. The first kappa shape index (κ1) is 21.5. The van der Waals surface area contributed by atoms with Crippen molar-refractivity contribution in [3.63, 3.8) is 0 Å². The first-order chi connectivity index (χ1) is 13.5. The van der Waals surface area contributed by atoms with E-state index in [1.54, 1.807) is 12.1 Å². The molecule has 3 rings (SSSR count). The zero-order chi connectivity index (χ0) is 21.3. The summed E-state index contributed by atoms with van der Waals surface area (Å²) in [4.78, 5) is 3.37. The third-order valence-corrected chi connectivity index (χ3v) is 6.93. The van der Waals surface area contributed by atoms with Crippen molar-refractivity contribution in [3.05, 3.63) is 65.5 Å². The van der Waals surface area contributed by atoms with Crippen molar-refractivity contribution < 1.29 is 17.7 Å². The highest BCUT2D eigenvalue weighted by Crippen LogP contribution is 2.36. The summed E-state index contributed by atoms with van der Waals surface area (Å²) in [6, 6.07) is 13.8. The summed E-state index contributed by atoms with van der Waals surface area (Å²) in [5.41, 5.74) is 1.45. The van der Waals surface area contributed by atoms with Gasteiger partial charge in [-0.05, 0) is 57.3 Å². The summed E-state index contributed by atoms with van der Waals surface area (Å²) >= 11 is 0. The van der Waals surface area contributed by atoms with Crippen LogP contribution in [0, 0.1) is 6.57 Å². The van der Waals surface area contributed by atoms with Crippen LogP contribution in [0.5, 0.6) is 0 Å². The van der Waals surface area contributed by atoms with E-state index in [1.807, 2.05) is 52.0 Å². The van der Waals surface area contributed by atoms with Crippen LogP contribution in [0.2, 0.25) is 0 Å². The fourth-order valence-electron chi connectivity index (χ4n) is 2.95. The van der Waals surface area contributed by atoms with Crippen LogP contribution in [0.25, 0.3) is 4.85 Å². The molecule has 0 saturated carbocycles. The van der Waals surface area contributed by atoms with Gasteiger partial charge in [0, 0.05) is 6.54 Å². The van der Waals surface area contributed by atoms with Crippen LogP contribution in [0.3, 0.4) is 0 Å². The van der Waals surface area contributed by atoms with Crippen LogP contribution < -0.4 is 10.2 Å². The predicted octanol–water partition coefficient (Wildman–Crippen LogP) is 3.06. The van der Waals surface area contributed by atoms with Crippen LogP contribution in [-0.4, -0.2) is 33.3 Å². The Balaban J connectivity index is 1.59. The normalized spacial score (nSPS) is 17.8. The van der Waals surface area contributed by atoms with Gasteiger partial charge in [-0.1, -0.05) is 36.4 Å². The SMILES string of the molecule is [C-]#[N+]c1cccc(S(=O)(=O)NCCc2ccc(B3OC(C)(C)C(C)(C)O3)cc2)c1. The summed E-state index contributed by atoms with van der Waals surface area (Å²) < 4.78 is 39.5. The molecule has 0 radical (unpaired) electrons. The standard InChI is InChI=1S/C21H25BN2O4S/c1-20(2)21(3,4)28-22(27-20)17-11-9-16(10-12-17)13-14-24-29(25,26)19-8-6-7-18(15-19)23-5/h6-12,15,24H,13-14H2,1-4H3. The fourth-order valence-corrected chi connectivity index (χ4v) is 4.02. The van der Waals surface area contributed by atoms with Gasteiger partial charge in [-0.25, -0.2) is 18.0 Å². The van der Waals surface area contributed by atoms with Crippen LogP contribution in [0.15, 0.2) is 53.4 Å². The number of hydrogen-bond acceptors (Lipinski definition) is 4. The van der Waals surface area contributed by atoms with Crippen molar-refractivity contribution in [1.29, 1.82) is 0 Å². The molecule has 0 spiro atoms. The third kappa shape index (κ3) is 4.70. The Bertz CT molecular complexity index is 1010. The highest BCUT2D eigenvalue weighted by Gasteiger charge is 2.51. The van der Waals surface area contributed by atoms with Gasteiger partial charge in [0.2, 0.25) is 10.0 Å². The zero-order valence-corrected chi connectivity index (χ0v) is 17.9. The van der Waals surface area contributed by atoms with E-state index in [0.29, 0.717) is 12.1 Å². The molecule has 1 heterocycles. The maximum Gasteiger partial charge on any atom is 0.494 e. The van der Waals surface area contributed by atoms with Gasteiger partial charge in [-0.3, -0.25) is 0 Å². The van der Waals surface area contributed by atoms with Gasteiger partial charge < -0.3 is 9.31 Å². The molecular formula is C21H25BN2O4S. The minimum atomic E-state index is -3.64. The summed E-state index contributed by atoms with van der Waals surface area (Å²) in [5, 5.41) is 0. The number of sulfonamides is 1. The van der Waals surface area contributed by atoms with Crippen molar-refractivity contribution in [2.75, 3.05) is 6.54 Å². The lowest BCUT2D eigenvalue weighted by Crippen LogP contribution is -2.41. The topological polar surface area (TPSA) is 69.0 Å². The van der Waals surface area contributed by atoms with Crippen LogP contribution in [0.1, 0.15) is 33.3 Å². The molecule has 152 valence electrons. The van der Waals surface area contributed by atoms with E-state index in [4.69, 9.17) is 15.9 Å². The maximum absolute atomic E-state index is 12.4. The number of nitrogens with one attached hydrogen (secondary N) is 1. The van der Waals surface area contributed by atoms with Gasteiger partial charge in [-0.15, -0.1) is 0 Å². The van der Waals surface area contributed by atoms with Crippen LogP contribution in [-0.2, 0) is 25.8 Å². The molecule has 0 amide bonds. The van der Waals surface area contributed by atoms with Crippen molar-refractivity contribution in [3.8, 4) is 0 Å². The summed E-state index contributed by atoms with van der Waals surface area (Å²) in [6.45, 7) is 15.3. The minimum Gasteiger partial charge on any atom is -0.399 e. The van der Waals surface area contributed by atoms with Crippen LogP contribution >= 0.6 is 0 Å². The summed E-state index contributed by atoms with van der Waals surface area (Å²) in [7, 11) is -4.06. The molecule has 29 heavy (non-hydrogen) atoms. The van der Waals surface area contributed by atoms with E-state index in [-0.39, 0.29) is 22.6 Å². The summed E-state index contributed by atoms with van der Waals surface area (Å²) in [5.74, 6) is 0. The largest absolute Gasteiger partial charge is 0.494 e. The molecule has 1 N–H and O–H groups in total. The molecule has 0 aliphatic carbocycles. The van der Waals surface area contributed by atoms with Gasteiger partial charge in [0.05, 0.1) is 22.7 Å². The lowest BCUT2D eigenvalue weighted by molar-refractivity contribution is 0.00578. The van der Waals surface area contributed by atoms with Crippen molar-refractivity contribution in [1.82, 2.24) is 4.72 Å². The molecule has 0 bridgehead atoms. The molecule has 1 fully saturated rings. The van der Waals surface area contributed by atoms with E-state index >= 15 is 0 Å². The molecule has 2 aromatic carbocycles. The quantitative estimate of drug-likeness (QED) is 0.585. The van der Waals surface area contributed by atoms with Gasteiger partial charge in [0.15, 0.2) is 5.69 Å². The molecule has 0 atom stereocenters. The molecule has 2 aromatic rings. The second-order valence-corrected chi connectivity index (χ2v) is 9.85. The second-order valence-electron chi connectivity index (χ2n) is 8.09. The first-order valence-corrected chi connectivity index (χ1v) is 10.9. The van der Waals surface area contributed by atoms with Crippen LogP contribution in [0.4, 0.5) is 5.69 Å². The second kappa shape index (κ2) is 7.92. The minimum absolute atomic E-state index is 0.0992. The third-order valence-electron chi connectivity index (χ3n) is 5.47. The average Bonchev–Trinajstić information content (AvgIpc) is 2.89. The van der Waals surface area contributed by atoms with E-state index in [0.717, 1.165) is 11.0 Å². The Labute approximate surface area is 173 Å². The molecule has 8 heteroatoms. The van der Waals surface area contributed by atoms with Gasteiger partial charge in [-0.2, -0.15) is 0 Å². The highest BCUT2D eigenvalue weighted by atomic mass is 32.2. The Morgan fingerprint density at radius 2 is 1.66 bits per heavy atom. The molecule has 1 aliphatic rings. The number of hydrogen-bond donors (Lipinski definition) is 1. The molecular weight excluding hydrogens is 387 g/mol. The molecule has 1 saturated heterocycles. The van der Waals surface area contributed by atoms with E-state index in [1.165, 1.54) is 12.1 Å². The number of rotatable bonds is 6. The van der Waals surface area contributed by atoms with Crippen molar-refractivity contribution in [2.24, 2.45) is 0 Å². The lowest BCUT2D eigenvalue weighted by atomic mass is 9.79. The van der Waals surface area contributed by atoms with E-state index in [2.05, 4.69) is 9.57 Å². The predicted molar refractivity (Wildman–Crippen MR) is 114 cm³/mol. The van der Waals surface area contributed by atoms with E-state index < -0.39 is 17.1 Å². The van der Waals surface area contributed by atoms with E-state index in [9.17, 15) is 8.42 Å². The molecule has 6 nitrogen and oxygen atoms in total. The number of benzene rings is 2. The smallest absolute Gasteiger partial charge is 0.399 e. The monoisotopic (exact) mass is 412 g/mol. The molecule has 0 unspecified atom stereocenters. The van der Waals surface area contributed by atoms with Gasteiger partial charge >= 0.3 is 7.12 Å². The Kier molecular flexibility index (Phi) is 5.88. The van der Waals surface area contributed by atoms with Crippen molar-refractivity contribution >= 4 is 28.3 Å². The number of nitrogens with zero attached hydrogens (tertiary/aromatic N) is 1. The first-order valence-electron chi connectivity index (χ1n) is 9.46. The Morgan fingerprint density at radius 1 is 1.03 bits per heavy atom. The lowest BCUT2D eigenvalue weighted by Gasteiger charge is -2.32.